The SMILES string of the molecule is CNCc1ccc(S(=O)(=O)NC(C)CCOC)cc1Cl. The second-order valence-electron chi connectivity index (χ2n) is 4.59. The molecule has 0 bridgehead atoms. The molecule has 0 radical (unpaired) electrons. The minimum absolute atomic E-state index is 0.173. The van der Waals surface area contributed by atoms with Gasteiger partial charge in [0, 0.05) is 31.3 Å². The molecule has 0 spiro atoms. The Kier molecular flexibility index (Phi) is 6.91. The van der Waals surface area contributed by atoms with Crippen molar-refractivity contribution >= 4 is 21.6 Å². The number of sulfonamides is 1. The summed E-state index contributed by atoms with van der Waals surface area (Å²) in [7, 11) is -0.164. The van der Waals surface area contributed by atoms with Crippen LogP contribution in [-0.2, 0) is 21.3 Å². The molecule has 0 aliphatic rings. The Balaban J connectivity index is 2.84. The molecule has 0 saturated carbocycles. The smallest absolute Gasteiger partial charge is 0.240 e. The van der Waals surface area contributed by atoms with Gasteiger partial charge in [0.05, 0.1) is 4.90 Å². The highest BCUT2D eigenvalue weighted by Gasteiger charge is 2.18. The van der Waals surface area contributed by atoms with Crippen LogP contribution in [0.5, 0.6) is 0 Å². The molecule has 1 unspecified atom stereocenters. The topological polar surface area (TPSA) is 67.4 Å². The zero-order valence-corrected chi connectivity index (χ0v) is 13.5. The second kappa shape index (κ2) is 7.95. The van der Waals surface area contributed by atoms with Crippen LogP contribution < -0.4 is 10.0 Å². The maximum Gasteiger partial charge on any atom is 0.240 e. The standard InChI is InChI=1S/C13H21ClN2O3S/c1-10(6-7-19-3)16-20(17,18)12-5-4-11(9-15-2)13(14)8-12/h4-5,8,10,15-16H,6-7,9H2,1-3H3. The maximum absolute atomic E-state index is 12.2. The maximum atomic E-state index is 12.2. The van der Waals surface area contributed by atoms with Gasteiger partial charge in [0.2, 0.25) is 10.0 Å². The lowest BCUT2D eigenvalue weighted by Gasteiger charge is -2.14. The highest BCUT2D eigenvalue weighted by molar-refractivity contribution is 7.89. The van der Waals surface area contributed by atoms with E-state index in [9.17, 15) is 8.42 Å². The molecule has 0 amide bonds. The monoisotopic (exact) mass is 320 g/mol. The van der Waals surface area contributed by atoms with Crippen molar-refractivity contribution in [2.24, 2.45) is 0 Å². The number of halogens is 1. The Morgan fingerprint density at radius 2 is 2.10 bits per heavy atom. The van der Waals surface area contributed by atoms with Gasteiger partial charge in [0.15, 0.2) is 0 Å². The van der Waals surface area contributed by atoms with E-state index in [0.717, 1.165) is 5.56 Å². The molecule has 7 heteroatoms. The zero-order chi connectivity index (χ0) is 15.2. The summed E-state index contributed by atoms with van der Waals surface area (Å²) in [6.45, 7) is 2.90. The van der Waals surface area contributed by atoms with Gasteiger partial charge >= 0.3 is 0 Å². The fourth-order valence-corrected chi connectivity index (χ4v) is 3.33. The van der Waals surface area contributed by atoms with Crippen molar-refractivity contribution in [2.75, 3.05) is 20.8 Å². The summed E-state index contributed by atoms with van der Waals surface area (Å²) < 4.78 is 31.9. The van der Waals surface area contributed by atoms with Crippen molar-refractivity contribution in [3.05, 3.63) is 28.8 Å². The lowest BCUT2D eigenvalue weighted by molar-refractivity contribution is 0.188. The average molecular weight is 321 g/mol. The molecule has 1 rings (SSSR count). The van der Waals surface area contributed by atoms with Gasteiger partial charge in [0.25, 0.3) is 0 Å². The summed E-state index contributed by atoms with van der Waals surface area (Å²) >= 11 is 6.08. The molecular formula is C13H21ClN2O3S. The summed E-state index contributed by atoms with van der Waals surface area (Å²) in [6.07, 6.45) is 0.612. The molecule has 0 heterocycles. The first-order valence-electron chi connectivity index (χ1n) is 6.35. The third-order valence-electron chi connectivity index (χ3n) is 2.81. The number of hydrogen-bond acceptors (Lipinski definition) is 4. The first kappa shape index (κ1) is 17.4. The third-order valence-corrected chi connectivity index (χ3v) is 4.75. The van der Waals surface area contributed by atoms with E-state index in [2.05, 4.69) is 10.0 Å². The predicted molar refractivity (Wildman–Crippen MR) is 80.5 cm³/mol. The van der Waals surface area contributed by atoms with Crippen LogP contribution in [0.3, 0.4) is 0 Å². The van der Waals surface area contributed by atoms with Gasteiger partial charge in [-0.3, -0.25) is 0 Å². The number of ether oxygens (including phenoxy) is 1. The van der Waals surface area contributed by atoms with Gasteiger partial charge in [-0.05, 0) is 38.1 Å². The van der Waals surface area contributed by atoms with Crippen LogP contribution in [0.4, 0.5) is 0 Å². The van der Waals surface area contributed by atoms with E-state index in [-0.39, 0.29) is 10.9 Å². The Bertz CT molecular complexity index is 534. The second-order valence-corrected chi connectivity index (χ2v) is 6.71. The van der Waals surface area contributed by atoms with E-state index in [1.807, 2.05) is 0 Å². The highest BCUT2D eigenvalue weighted by Crippen LogP contribution is 2.21. The molecule has 5 nitrogen and oxygen atoms in total. The number of benzene rings is 1. The van der Waals surface area contributed by atoms with Crippen LogP contribution >= 0.6 is 11.6 Å². The summed E-state index contributed by atoms with van der Waals surface area (Å²) in [5, 5.41) is 3.41. The first-order chi connectivity index (χ1) is 9.40. The zero-order valence-electron chi connectivity index (χ0n) is 11.9. The van der Waals surface area contributed by atoms with Gasteiger partial charge in [-0.2, -0.15) is 0 Å². The molecule has 0 aliphatic heterocycles. The summed E-state index contributed by atoms with van der Waals surface area (Å²) in [5.74, 6) is 0. The molecule has 0 saturated heterocycles. The molecule has 114 valence electrons. The molecular weight excluding hydrogens is 300 g/mol. The van der Waals surface area contributed by atoms with E-state index < -0.39 is 10.0 Å². The molecule has 0 fully saturated rings. The number of rotatable bonds is 8. The van der Waals surface area contributed by atoms with Crippen molar-refractivity contribution in [3.8, 4) is 0 Å². The van der Waals surface area contributed by atoms with E-state index in [0.29, 0.717) is 24.6 Å². The highest BCUT2D eigenvalue weighted by atomic mass is 35.5. The van der Waals surface area contributed by atoms with Crippen LogP contribution in [0.25, 0.3) is 0 Å². The minimum Gasteiger partial charge on any atom is -0.385 e. The Hall–Kier alpha value is -0.660. The normalized spacial score (nSPS) is 13.4. The van der Waals surface area contributed by atoms with Gasteiger partial charge in [0.1, 0.15) is 0 Å². The Morgan fingerprint density at radius 1 is 1.40 bits per heavy atom. The van der Waals surface area contributed by atoms with Crippen molar-refractivity contribution in [3.63, 3.8) is 0 Å². The quantitative estimate of drug-likeness (QED) is 0.766. The lowest BCUT2D eigenvalue weighted by atomic mass is 10.2. The lowest BCUT2D eigenvalue weighted by Crippen LogP contribution is -2.33. The van der Waals surface area contributed by atoms with Crippen LogP contribution in [-0.4, -0.2) is 35.2 Å². The number of hydrogen-bond donors (Lipinski definition) is 2. The van der Waals surface area contributed by atoms with Crippen LogP contribution in [0.2, 0.25) is 5.02 Å². The van der Waals surface area contributed by atoms with Gasteiger partial charge < -0.3 is 10.1 Å². The summed E-state index contributed by atoms with van der Waals surface area (Å²) in [5.41, 5.74) is 0.862. The third kappa shape index (κ3) is 5.03. The summed E-state index contributed by atoms with van der Waals surface area (Å²) in [4.78, 5) is 0.173. The molecule has 1 aromatic rings. The van der Waals surface area contributed by atoms with Gasteiger partial charge in [-0.15, -0.1) is 0 Å². The number of nitrogens with one attached hydrogen (secondary N) is 2. The molecule has 1 atom stereocenters. The van der Waals surface area contributed by atoms with Crippen molar-refractivity contribution < 1.29 is 13.2 Å². The van der Waals surface area contributed by atoms with E-state index >= 15 is 0 Å². The fraction of sp³-hybridized carbons (Fsp3) is 0.538. The first-order valence-corrected chi connectivity index (χ1v) is 8.21. The van der Waals surface area contributed by atoms with Crippen molar-refractivity contribution in [1.82, 2.24) is 10.0 Å². The molecule has 0 aliphatic carbocycles. The molecule has 20 heavy (non-hydrogen) atoms. The van der Waals surface area contributed by atoms with Crippen LogP contribution in [0, 0.1) is 0 Å². The molecule has 1 aromatic carbocycles. The van der Waals surface area contributed by atoms with Crippen LogP contribution in [0.15, 0.2) is 23.1 Å². The van der Waals surface area contributed by atoms with E-state index in [1.165, 1.54) is 6.07 Å². The van der Waals surface area contributed by atoms with Crippen molar-refractivity contribution in [1.29, 1.82) is 0 Å². The predicted octanol–water partition coefficient (Wildman–Crippen LogP) is 1.76. The van der Waals surface area contributed by atoms with E-state index in [4.69, 9.17) is 16.3 Å². The molecule has 0 aromatic heterocycles. The molecule has 2 N–H and O–H groups in total. The largest absolute Gasteiger partial charge is 0.385 e. The summed E-state index contributed by atoms with van der Waals surface area (Å²) in [6, 6.07) is 4.55. The Labute approximate surface area is 125 Å². The minimum atomic E-state index is -3.55. The van der Waals surface area contributed by atoms with Crippen molar-refractivity contribution in [2.45, 2.75) is 30.8 Å². The fourth-order valence-electron chi connectivity index (χ4n) is 1.72. The van der Waals surface area contributed by atoms with Crippen LogP contribution in [0.1, 0.15) is 18.9 Å². The van der Waals surface area contributed by atoms with Gasteiger partial charge in [-0.25, -0.2) is 13.1 Å². The Morgan fingerprint density at radius 3 is 2.65 bits per heavy atom. The average Bonchev–Trinajstić information content (AvgIpc) is 2.38. The van der Waals surface area contributed by atoms with Gasteiger partial charge in [-0.1, -0.05) is 17.7 Å². The van der Waals surface area contributed by atoms with E-state index in [1.54, 1.807) is 33.2 Å². The number of methoxy groups -OCH3 is 1.